The Bertz CT molecular complexity index is 961. The normalized spacial score (nSPS) is 13.9. The quantitative estimate of drug-likeness (QED) is 0.794. The largest absolute Gasteiger partial charge is 0.495 e. The van der Waals surface area contributed by atoms with Crippen LogP contribution >= 0.6 is 34.5 Å². The van der Waals surface area contributed by atoms with Crippen molar-refractivity contribution in [2.45, 2.75) is 0 Å². The molecule has 0 aliphatic carbocycles. The molecule has 0 spiro atoms. The number of amidine groups is 1. The third-order valence-electron chi connectivity index (χ3n) is 3.62. The standard InChI is InChI=1S/C15H15Cl2N3O4S2/c1-23-9-6-10(24-2)12(17)13(11(9)16)20-7-18-15(19-26(3,21)22)14-8(20)4-5-25-14/h4-6H,7H2,1-3H3,(H,18,19). The van der Waals surface area contributed by atoms with Gasteiger partial charge in [0.25, 0.3) is 0 Å². The van der Waals surface area contributed by atoms with Gasteiger partial charge in [0.2, 0.25) is 10.0 Å². The summed E-state index contributed by atoms with van der Waals surface area (Å²) in [6, 6.07) is 3.45. The molecule has 0 amide bonds. The van der Waals surface area contributed by atoms with Crippen molar-refractivity contribution in [2.24, 2.45) is 4.99 Å². The van der Waals surface area contributed by atoms with Gasteiger partial charge in [0, 0.05) is 6.07 Å². The second-order valence-corrected chi connectivity index (χ2v) is 8.76. The zero-order valence-electron chi connectivity index (χ0n) is 14.0. The van der Waals surface area contributed by atoms with Crippen molar-refractivity contribution < 1.29 is 17.9 Å². The van der Waals surface area contributed by atoms with E-state index in [2.05, 4.69) is 9.71 Å². The van der Waals surface area contributed by atoms with Crippen LogP contribution in [-0.2, 0) is 10.0 Å². The van der Waals surface area contributed by atoms with Crippen LogP contribution in [0.4, 0.5) is 11.4 Å². The molecule has 0 radical (unpaired) electrons. The zero-order valence-corrected chi connectivity index (χ0v) is 17.2. The summed E-state index contributed by atoms with van der Waals surface area (Å²) in [4.78, 5) is 6.79. The van der Waals surface area contributed by atoms with Crippen LogP contribution in [0.2, 0.25) is 10.0 Å². The molecule has 11 heteroatoms. The number of methoxy groups -OCH3 is 2. The van der Waals surface area contributed by atoms with Gasteiger partial charge in [-0.15, -0.1) is 11.3 Å². The fourth-order valence-corrected chi connectivity index (χ4v) is 4.68. The molecule has 0 saturated carbocycles. The molecule has 2 aromatic rings. The number of thiophene rings is 1. The maximum Gasteiger partial charge on any atom is 0.231 e. The summed E-state index contributed by atoms with van der Waals surface area (Å²) in [5, 5.41) is 2.46. The molecule has 0 bridgehead atoms. The van der Waals surface area contributed by atoms with Crippen LogP contribution in [0.25, 0.3) is 0 Å². The van der Waals surface area contributed by atoms with Gasteiger partial charge in [0.1, 0.15) is 28.2 Å². The lowest BCUT2D eigenvalue weighted by molar-refractivity contribution is 0.395. The van der Waals surface area contributed by atoms with Crippen LogP contribution < -0.4 is 19.1 Å². The molecule has 7 nitrogen and oxygen atoms in total. The number of fused-ring (bicyclic) bond motifs is 1. The number of nitrogens with one attached hydrogen (secondary N) is 1. The van der Waals surface area contributed by atoms with Crippen molar-refractivity contribution in [3.05, 3.63) is 32.4 Å². The van der Waals surface area contributed by atoms with E-state index in [0.717, 1.165) is 11.9 Å². The van der Waals surface area contributed by atoms with E-state index in [4.69, 9.17) is 32.7 Å². The number of hydrogen-bond acceptors (Lipinski definition) is 7. The van der Waals surface area contributed by atoms with Crippen LogP contribution in [0.1, 0.15) is 4.88 Å². The van der Waals surface area contributed by atoms with Crippen LogP contribution in [0.15, 0.2) is 22.5 Å². The van der Waals surface area contributed by atoms with Crippen LogP contribution in [0.3, 0.4) is 0 Å². The highest BCUT2D eigenvalue weighted by Crippen LogP contribution is 2.49. The summed E-state index contributed by atoms with van der Waals surface area (Å²) >= 11 is 14.3. The number of nitrogens with zero attached hydrogens (tertiary/aromatic N) is 2. The second-order valence-electron chi connectivity index (χ2n) is 5.34. The maximum atomic E-state index is 11.6. The summed E-state index contributed by atoms with van der Waals surface area (Å²) in [6.45, 7) is 0.122. The van der Waals surface area contributed by atoms with E-state index in [1.165, 1.54) is 25.6 Å². The number of benzene rings is 1. The van der Waals surface area contributed by atoms with Gasteiger partial charge in [0.15, 0.2) is 5.84 Å². The van der Waals surface area contributed by atoms with Gasteiger partial charge in [-0.2, -0.15) is 0 Å². The van der Waals surface area contributed by atoms with Crippen molar-refractivity contribution in [3.63, 3.8) is 0 Å². The number of ether oxygens (including phenoxy) is 2. The summed E-state index contributed by atoms with van der Waals surface area (Å²) in [5.74, 6) is 1.10. The Morgan fingerprint density at radius 1 is 1.23 bits per heavy atom. The molecule has 1 aromatic heterocycles. The highest BCUT2D eigenvalue weighted by molar-refractivity contribution is 7.89. The summed E-state index contributed by atoms with van der Waals surface area (Å²) in [5.41, 5.74) is 1.21. The molecule has 140 valence electrons. The molecule has 0 unspecified atom stereocenters. The SMILES string of the molecule is COc1cc(OC)c(Cl)c(N2CN=C(NS(C)(=O)=O)c3sccc32)c1Cl. The van der Waals surface area contributed by atoms with Gasteiger partial charge < -0.3 is 14.4 Å². The van der Waals surface area contributed by atoms with Crippen molar-refractivity contribution in [1.82, 2.24) is 4.72 Å². The van der Waals surface area contributed by atoms with Crippen molar-refractivity contribution in [1.29, 1.82) is 0 Å². The Morgan fingerprint density at radius 3 is 2.38 bits per heavy atom. The third kappa shape index (κ3) is 3.44. The molecule has 0 saturated heterocycles. The molecule has 0 atom stereocenters. The topological polar surface area (TPSA) is 80.2 Å². The van der Waals surface area contributed by atoms with E-state index in [0.29, 0.717) is 32.1 Å². The highest BCUT2D eigenvalue weighted by Gasteiger charge is 2.29. The maximum absolute atomic E-state index is 11.6. The first-order valence-electron chi connectivity index (χ1n) is 7.24. The molecule has 0 fully saturated rings. The number of halogens is 2. The lowest BCUT2D eigenvalue weighted by atomic mass is 10.2. The molecule has 1 aromatic carbocycles. The average Bonchev–Trinajstić information content (AvgIpc) is 3.06. The summed E-state index contributed by atoms with van der Waals surface area (Å²) in [6.07, 6.45) is 1.08. The smallest absolute Gasteiger partial charge is 0.231 e. The predicted molar refractivity (Wildman–Crippen MR) is 105 cm³/mol. The Labute approximate surface area is 165 Å². The molecule has 26 heavy (non-hydrogen) atoms. The number of anilines is 2. The van der Waals surface area contributed by atoms with E-state index in [9.17, 15) is 8.42 Å². The first-order valence-corrected chi connectivity index (χ1v) is 10.8. The van der Waals surface area contributed by atoms with Crippen LogP contribution in [0, 0.1) is 0 Å². The lowest BCUT2D eigenvalue weighted by Gasteiger charge is -2.30. The number of hydrogen-bond donors (Lipinski definition) is 1. The van der Waals surface area contributed by atoms with Crippen molar-refractivity contribution in [3.8, 4) is 11.5 Å². The molecular formula is C15H15Cl2N3O4S2. The van der Waals surface area contributed by atoms with Gasteiger partial charge in [-0.1, -0.05) is 23.2 Å². The Balaban J connectivity index is 2.14. The number of sulfonamides is 1. The second kappa shape index (κ2) is 7.15. The van der Waals surface area contributed by atoms with Gasteiger partial charge in [-0.05, 0) is 11.4 Å². The van der Waals surface area contributed by atoms with E-state index >= 15 is 0 Å². The number of aliphatic imine (C=N–C) groups is 1. The summed E-state index contributed by atoms with van der Waals surface area (Å²) in [7, 11) is -0.455. The Kier molecular flexibility index (Phi) is 5.25. The first kappa shape index (κ1) is 19.1. The Hall–Kier alpha value is -1.68. The molecular weight excluding hydrogens is 421 g/mol. The molecule has 1 N–H and O–H groups in total. The minimum absolute atomic E-state index is 0.122. The minimum Gasteiger partial charge on any atom is -0.495 e. The molecule has 1 aliphatic rings. The van der Waals surface area contributed by atoms with E-state index in [1.807, 2.05) is 11.4 Å². The Morgan fingerprint density at radius 2 is 1.85 bits per heavy atom. The first-order chi connectivity index (χ1) is 12.3. The molecule has 2 heterocycles. The van der Waals surface area contributed by atoms with E-state index in [1.54, 1.807) is 11.0 Å². The third-order valence-corrected chi connectivity index (χ3v) is 5.83. The highest BCUT2D eigenvalue weighted by atomic mass is 35.5. The van der Waals surface area contributed by atoms with Gasteiger partial charge in [-0.25, -0.2) is 13.4 Å². The van der Waals surface area contributed by atoms with E-state index < -0.39 is 10.0 Å². The predicted octanol–water partition coefficient (Wildman–Crippen LogP) is 3.48. The lowest BCUT2D eigenvalue weighted by Crippen LogP contribution is -2.35. The van der Waals surface area contributed by atoms with Gasteiger partial charge >= 0.3 is 0 Å². The van der Waals surface area contributed by atoms with Crippen molar-refractivity contribution >= 4 is 61.8 Å². The van der Waals surface area contributed by atoms with Gasteiger partial charge in [0.05, 0.1) is 36.7 Å². The fourth-order valence-electron chi connectivity index (χ4n) is 2.54. The zero-order chi connectivity index (χ0) is 19.1. The fraction of sp³-hybridized carbons (Fsp3) is 0.267. The monoisotopic (exact) mass is 435 g/mol. The summed E-state index contributed by atoms with van der Waals surface area (Å²) < 4.78 is 36.2. The van der Waals surface area contributed by atoms with Crippen LogP contribution in [-0.4, -0.2) is 41.4 Å². The van der Waals surface area contributed by atoms with E-state index in [-0.39, 0.29) is 12.5 Å². The van der Waals surface area contributed by atoms with Gasteiger partial charge in [-0.3, -0.25) is 4.72 Å². The molecule has 1 aliphatic heterocycles. The number of rotatable bonds is 4. The minimum atomic E-state index is -3.45. The average molecular weight is 436 g/mol. The molecule has 3 rings (SSSR count). The van der Waals surface area contributed by atoms with Crippen LogP contribution in [0.5, 0.6) is 11.5 Å². The van der Waals surface area contributed by atoms with Crippen molar-refractivity contribution in [2.75, 3.05) is 32.0 Å².